The average Bonchev–Trinajstić information content (AvgIpc) is 2.71. The predicted molar refractivity (Wildman–Crippen MR) is 106 cm³/mol. The Kier molecular flexibility index (Phi) is 5.25. The van der Waals surface area contributed by atoms with Gasteiger partial charge in [-0.3, -0.25) is 4.90 Å². The Hall–Kier alpha value is -2.99. The third-order valence-corrected chi connectivity index (χ3v) is 4.73. The molecule has 4 rings (SSSR count). The van der Waals surface area contributed by atoms with E-state index in [1.165, 1.54) is 18.0 Å². The van der Waals surface area contributed by atoms with Crippen LogP contribution in [0.2, 0.25) is 0 Å². The summed E-state index contributed by atoms with van der Waals surface area (Å²) in [5.74, 6) is 1.16. The van der Waals surface area contributed by atoms with Crippen LogP contribution in [0, 0.1) is 5.82 Å². The summed E-state index contributed by atoms with van der Waals surface area (Å²) in [6, 6.07) is 19.0. The van der Waals surface area contributed by atoms with Crippen molar-refractivity contribution in [2.24, 2.45) is 0 Å². The van der Waals surface area contributed by atoms with E-state index in [0.29, 0.717) is 11.5 Å². The molecule has 1 aliphatic rings. The Morgan fingerprint density at radius 3 is 2.41 bits per heavy atom. The summed E-state index contributed by atoms with van der Waals surface area (Å²) in [7, 11) is 0. The van der Waals surface area contributed by atoms with E-state index in [1.807, 2.05) is 12.1 Å². The molecule has 5 nitrogen and oxygen atoms in total. The summed E-state index contributed by atoms with van der Waals surface area (Å²) in [5, 5.41) is 3.03. The van der Waals surface area contributed by atoms with E-state index >= 15 is 0 Å². The fourth-order valence-electron chi connectivity index (χ4n) is 3.27. The zero-order valence-corrected chi connectivity index (χ0v) is 15.1. The number of aromatic nitrogens is 2. The molecule has 3 aromatic rings. The highest BCUT2D eigenvalue weighted by molar-refractivity contribution is 5.59. The van der Waals surface area contributed by atoms with Crippen LogP contribution in [0.1, 0.15) is 5.56 Å². The van der Waals surface area contributed by atoms with Crippen molar-refractivity contribution in [3.8, 4) is 0 Å². The maximum atomic E-state index is 13.8. The van der Waals surface area contributed by atoms with Crippen molar-refractivity contribution >= 4 is 17.3 Å². The van der Waals surface area contributed by atoms with E-state index in [0.717, 1.165) is 38.5 Å². The molecule has 2 aromatic carbocycles. The SMILES string of the molecule is Fc1ccccc1Nc1cc(N2CCN(Cc3ccccc3)CC2)ncn1. The summed E-state index contributed by atoms with van der Waals surface area (Å²) in [6.45, 7) is 4.74. The lowest BCUT2D eigenvalue weighted by Gasteiger charge is -2.35. The number of nitrogens with zero attached hydrogens (tertiary/aromatic N) is 4. The lowest BCUT2D eigenvalue weighted by atomic mass is 10.2. The molecule has 0 spiro atoms. The molecule has 1 saturated heterocycles. The second-order valence-electron chi connectivity index (χ2n) is 6.62. The van der Waals surface area contributed by atoms with Gasteiger partial charge in [-0.05, 0) is 17.7 Å². The van der Waals surface area contributed by atoms with Crippen molar-refractivity contribution in [3.05, 3.63) is 78.4 Å². The standard InChI is InChI=1S/C21H22FN5/c22-18-8-4-5-9-19(18)25-20-14-21(24-16-23-20)27-12-10-26(11-13-27)15-17-6-2-1-3-7-17/h1-9,14,16H,10-13,15H2,(H,23,24,25). The van der Waals surface area contributed by atoms with Gasteiger partial charge in [0.15, 0.2) is 0 Å². The molecule has 0 radical (unpaired) electrons. The van der Waals surface area contributed by atoms with Crippen molar-refractivity contribution in [1.82, 2.24) is 14.9 Å². The minimum absolute atomic E-state index is 0.299. The Labute approximate surface area is 158 Å². The first-order valence-corrected chi connectivity index (χ1v) is 9.13. The third kappa shape index (κ3) is 4.41. The van der Waals surface area contributed by atoms with Gasteiger partial charge in [-0.1, -0.05) is 42.5 Å². The van der Waals surface area contributed by atoms with Gasteiger partial charge in [-0.25, -0.2) is 14.4 Å². The van der Waals surface area contributed by atoms with Gasteiger partial charge in [-0.15, -0.1) is 0 Å². The molecular weight excluding hydrogens is 341 g/mol. The van der Waals surface area contributed by atoms with Crippen LogP contribution in [0.4, 0.5) is 21.7 Å². The number of anilines is 3. The highest BCUT2D eigenvalue weighted by atomic mass is 19.1. The average molecular weight is 363 g/mol. The maximum absolute atomic E-state index is 13.8. The largest absolute Gasteiger partial charge is 0.354 e. The van der Waals surface area contributed by atoms with Crippen LogP contribution < -0.4 is 10.2 Å². The smallest absolute Gasteiger partial charge is 0.146 e. The van der Waals surface area contributed by atoms with Gasteiger partial charge in [0.05, 0.1) is 5.69 Å². The Morgan fingerprint density at radius 2 is 1.63 bits per heavy atom. The monoisotopic (exact) mass is 363 g/mol. The highest BCUT2D eigenvalue weighted by Gasteiger charge is 2.18. The van der Waals surface area contributed by atoms with Crippen LogP contribution in [0.15, 0.2) is 67.0 Å². The van der Waals surface area contributed by atoms with E-state index in [9.17, 15) is 4.39 Å². The van der Waals surface area contributed by atoms with E-state index in [4.69, 9.17) is 0 Å². The first-order valence-electron chi connectivity index (χ1n) is 9.13. The van der Waals surface area contributed by atoms with Gasteiger partial charge in [0.2, 0.25) is 0 Å². The van der Waals surface area contributed by atoms with Crippen LogP contribution in [0.5, 0.6) is 0 Å². The van der Waals surface area contributed by atoms with Gasteiger partial charge < -0.3 is 10.2 Å². The molecule has 138 valence electrons. The molecule has 6 heteroatoms. The minimum Gasteiger partial charge on any atom is -0.354 e. The molecule has 1 aromatic heterocycles. The topological polar surface area (TPSA) is 44.3 Å². The molecule has 0 bridgehead atoms. The van der Waals surface area contributed by atoms with Gasteiger partial charge in [0.1, 0.15) is 23.8 Å². The first-order chi connectivity index (χ1) is 13.3. The van der Waals surface area contributed by atoms with Crippen molar-refractivity contribution in [2.45, 2.75) is 6.54 Å². The lowest BCUT2D eigenvalue weighted by molar-refractivity contribution is 0.249. The number of benzene rings is 2. The summed E-state index contributed by atoms with van der Waals surface area (Å²) in [5.41, 5.74) is 1.75. The van der Waals surface area contributed by atoms with E-state index < -0.39 is 0 Å². The van der Waals surface area contributed by atoms with Crippen molar-refractivity contribution in [3.63, 3.8) is 0 Å². The summed E-state index contributed by atoms with van der Waals surface area (Å²) in [6.07, 6.45) is 1.52. The molecule has 0 saturated carbocycles. The predicted octanol–water partition coefficient (Wildman–Crippen LogP) is 3.68. The summed E-state index contributed by atoms with van der Waals surface area (Å²) >= 11 is 0. The highest BCUT2D eigenvalue weighted by Crippen LogP contribution is 2.21. The van der Waals surface area contributed by atoms with Gasteiger partial charge in [0.25, 0.3) is 0 Å². The molecule has 1 fully saturated rings. The van der Waals surface area contributed by atoms with Gasteiger partial charge >= 0.3 is 0 Å². The molecule has 0 unspecified atom stereocenters. The molecule has 0 atom stereocenters. The van der Waals surface area contributed by atoms with Crippen LogP contribution in [-0.4, -0.2) is 41.0 Å². The minimum atomic E-state index is -0.299. The molecule has 1 N–H and O–H groups in total. The Morgan fingerprint density at radius 1 is 0.889 bits per heavy atom. The molecule has 0 aliphatic carbocycles. The van der Waals surface area contributed by atoms with E-state index in [2.05, 4.69) is 49.4 Å². The molecule has 27 heavy (non-hydrogen) atoms. The normalized spacial score (nSPS) is 14.9. The quantitative estimate of drug-likeness (QED) is 0.749. The fraction of sp³-hybridized carbons (Fsp3) is 0.238. The second kappa shape index (κ2) is 8.14. The van der Waals surface area contributed by atoms with Crippen LogP contribution >= 0.6 is 0 Å². The van der Waals surface area contributed by atoms with Gasteiger partial charge in [-0.2, -0.15) is 0 Å². The van der Waals surface area contributed by atoms with Gasteiger partial charge in [0, 0.05) is 38.8 Å². The summed E-state index contributed by atoms with van der Waals surface area (Å²) < 4.78 is 13.8. The van der Waals surface area contributed by atoms with Crippen molar-refractivity contribution in [2.75, 3.05) is 36.4 Å². The lowest BCUT2D eigenvalue weighted by Crippen LogP contribution is -2.46. The molecular formula is C21H22FN5. The molecule has 1 aliphatic heterocycles. The number of rotatable bonds is 5. The van der Waals surface area contributed by atoms with Crippen LogP contribution in [0.3, 0.4) is 0 Å². The maximum Gasteiger partial charge on any atom is 0.146 e. The number of para-hydroxylation sites is 1. The number of piperazine rings is 1. The van der Waals surface area contributed by atoms with Crippen LogP contribution in [0.25, 0.3) is 0 Å². The summed E-state index contributed by atoms with van der Waals surface area (Å²) in [4.78, 5) is 13.3. The second-order valence-corrected chi connectivity index (χ2v) is 6.62. The molecule has 0 amide bonds. The first kappa shape index (κ1) is 17.4. The van der Waals surface area contributed by atoms with Crippen LogP contribution in [-0.2, 0) is 6.54 Å². The molecule has 2 heterocycles. The fourth-order valence-corrected chi connectivity index (χ4v) is 3.27. The third-order valence-electron chi connectivity index (χ3n) is 4.73. The van der Waals surface area contributed by atoms with E-state index in [-0.39, 0.29) is 5.82 Å². The van der Waals surface area contributed by atoms with Crippen molar-refractivity contribution < 1.29 is 4.39 Å². The van der Waals surface area contributed by atoms with Crippen molar-refractivity contribution in [1.29, 1.82) is 0 Å². The van der Waals surface area contributed by atoms with E-state index in [1.54, 1.807) is 18.2 Å². The Bertz CT molecular complexity index is 879. The number of nitrogens with one attached hydrogen (secondary N) is 1. The number of hydrogen-bond acceptors (Lipinski definition) is 5. The Balaban J connectivity index is 1.38. The number of hydrogen-bond donors (Lipinski definition) is 1. The number of halogens is 1. The zero-order chi connectivity index (χ0) is 18.5. The zero-order valence-electron chi connectivity index (χ0n) is 15.1.